The zero-order valence-electron chi connectivity index (χ0n) is 15.0. The zero-order chi connectivity index (χ0) is 17.4. The van der Waals surface area contributed by atoms with E-state index in [0.29, 0.717) is 23.6 Å². The van der Waals surface area contributed by atoms with Crippen LogP contribution in [0.1, 0.15) is 35.9 Å². The van der Waals surface area contributed by atoms with Crippen molar-refractivity contribution >= 4 is 5.91 Å². The minimum atomic E-state index is 0.0865. The van der Waals surface area contributed by atoms with Crippen LogP contribution in [-0.4, -0.2) is 51.4 Å². The third-order valence-corrected chi connectivity index (χ3v) is 5.52. The van der Waals surface area contributed by atoms with Crippen molar-refractivity contribution in [1.29, 1.82) is 0 Å². The van der Waals surface area contributed by atoms with Gasteiger partial charge in [0.15, 0.2) is 0 Å². The Labute approximate surface area is 149 Å². The first-order valence-corrected chi connectivity index (χ1v) is 9.19. The third kappa shape index (κ3) is 3.33. The highest BCUT2D eigenvalue weighted by Crippen LogP contribution is 2.32. The Bertz CT molecular complexity index is 725. The van der Waals surface area contributed by atoms with Crippen molar-refractivity contribution in [3.05, 3.63) is 54.1 Å². The predicted molar refractivity (Wildman–Crippen MR) is 97.2 cm³/mol. The second kappa shape index (κ2) is 6.64. The van der Waals surface area contributed by atoms with Gasteiger partial charge in [-0.2, -0.15) is 0 Å². The van der Waals surface area contributed by atoms with Gasteiger partial charge in [-0.1, -0.05) is 30.3 Å². The Morgan fingerprint density at radius 3 is 2.40 bits per heavy atom. The molecule has 3 heterocycles. The second-order valence-electron chi connectivity index (χ2n) is 7.71. The molecular weight excluding hydrogens is 312 g/mol. The van der Waals surface area contributed by atoms with Crippen LogP contribution in [0.3, 0.4) is 0 Å². The Balaban J connectivity index is 1.35. The van der Waals surface area contributed by atoms with Crippen LogP contribution in [-0.2, 0) is 6.54 Å². The van der Waals surface area contributed by atoms with Crippen molar-refractivity contribution in [2.45, 2.75) is 26.4 Å². The van der Waals surface area contributed by atoms with E-state index in [1.54, 1.807) is 6.33 Å². The highest BCUT2D eigenvalue weighted by Gasteiger charge is 2.41. The minimum absolute atomic E-state index is 0.0865. The molecule has 0 N–H and O–H groups in total. The van der Waals surface area contributed by atoms with E-state index in [0.717, 1.165) is 32.7 Å². The number of carbonyl (C=O) groups is 1. The molecule has 1 aromatic carbocycles. The largest absolute Gasteiger partial charge is 0.337 e. The molecule has 0 aliphatic carbocycles. The molecule has 0 saturated carbocycles. The summed E-state index contributed by atoms with van der Waals surface area (Å²) in [5.41, 5.74) is 1.95. The number of carbonyl (C=O) groups excluding carboxylic acids is 1. The molecule has 25 heavy (non-hydrogen) atoms. The molecule has 1 amide bonds. The highest BCUT2D eigenvalue weighted by molar-refractivity contribution is 5.92. The van der Waals surface area contributed by atoms with Gasteiger partial charge in [0.05, 0.1) is 6.33 Å². The first-order chi connectivity index (χ1) is 12.1. The molecule has 1 aromatic heterocycles. The monoisotopic (exact) mass is 338 g/mol. The molecular formula is C20H26N4O. The quantitative estimate of drug-likeness (QED) is 0.861. The van der Waals surface area contributed by atoms with Crippen molar-refractivity contribution < 1.29 is 4.79 Å². The fourth-order valence-electron chi connectivity index (χ4n) is 4.12. The lowest BCUT2D eigenvalue weighted by atomic mass is 10.0. The maximum Gasteiger partial charge on any atom is 0.274 e. The molecule has 2 fully saturated rings. The van der Waals surface area contributed by atoms with Crippen LogP contribution < -0.4 is 0 Å². The summed E-state index contributed by atoms with van der Waals surface area (Å²) in [4.78, 5) is 21.6. The number of hydrogen-bond acceptors (Lipinski definition) is 3. The van der Waals surface area contributed by atoms with Gasteiger partial charge < -0.3 is 9.47 Å². The molecule has 0 radical (unpaired) electrons. The number of benzene rings is 1. The fourth-order valence-corrected chi connectivity index (χ4v) is 4.12. The van der Waals surface area contributed by atoms with E-state index >= 15 is 0 Å². The molecule has 2 aliphatic heterocycles. The molecule has 132 valence electrons. The van der Waals surface area contributed by atoms with Gasteiger partial charge in [0.2, 0.25) is 0 Å². The van der Waals surface area contributed by atoms with Crippen LogP contribution in [0, 0.1) is 11.8 Å². The lowest BCUT2D eigenvalue weighted by molar-refractivity contribution is 0.0768. The summed E-state index contributed by atoms with van der Waals surface area (Å²) < 4.78 is 1.99. The van der Waals surface area contributed by atoms with Gasteiger partial charge in [-0.3, -0.25) is 9.69 Å². The van der Waals surface area contributed by atoms with Crippen LogP contribution in [0.2, 0.25) is 0 Å². The minimum Gasteiger partial charge on any atom is -0.337 e. The van der Waals surface area contributed by atoms with Gasteiger partial charge in [-0.15, -0.1) is 0 Å². The lowest BCUT2D eigenvalue weighted by Gasteiger charge is -2.21. The summed E-state index contributed by atoms with van der Waals surface area (Å²) in [6.45, 7) is 9.11. The van der Waals surface area contributed by atoms with Crippen LogP contribution in [0.25, 0.3) is 0 Å². The van der Waals surface area contributed by atoms with Crippen molar-refractivity contribution in [1.82, 2.24) is 19.4 Å². The van der Waals surface area contributed by atoms with Crippen molar-refractivity contribution in [2.75, 3.05) is 26.2 Å². The number of imidazole rings is 1. The van der Waals surface area contributed by atoms with E-state index in [-0.39, 0.29) is 5.91 Å². The summed E-state index contributed by atoms with van der Waals surface area (Å²) in [6, 6.07) is 11.0. The molecule has 0 unspecified atom stereocenters. The fraction of sp³-hybridized carbons (Fsp3) is 0.500. The van der Waals surface area contributed by atoms with Gasteiger partial charge in [-0.05, 0) is 31.2 Å². The van der Waals surface area contributed by atoms with Crippen LogP contribution in [0.5, 0.6) is 0 Å². The summed E-state index contributed by atoms with van der Waals surface area (Å²) in [5.74, 6) is 1.28. The number of hydrogen-bond donors (Lipinski definition) is 0. The Kier molecular flexibility index (Phi) is 4.34. The maximum absolute atomic E-state index is 12.7. The molecule has 2 atom stereocenters. The molecule has 5 nitrogen and oxygen atoms in total. The maximum atomic E-state index is 12.7. The van der Waals surface area contributed by atoms with Gasteiger partial charge >= 0.3 is 0 Å². The molecule has 2 aliphatic rings. The van der Waals surface area contributed by atoms with Gasteiger partial charge in [0.1, 0.15) is 5.69 Å². The van der Waals surface area contributed by atoms with Crippen molar-refractivity contribution in [3.63, 3.8) is 0 Å². The van der Waals surface area contributed by atoms with Gasteiger partial charge in [0, 0.05) is 45.0 Å². The highest BCUT2D eigenvalue weighted by atomic mass is 16.2. The zero-order valence-corrected chi connectivity index (χ0v) is 15.0. The van der Waals surface area contributed by atoms with Crippen LogP contribution >= 0.6 is 0 Å². The summed E-state index contributed by atoms with van der Waals surface area (Å²) in [5, 5.41) is 0. The molecule has 0 bridgehead atoms. The van der Waals surface area contributed by atoms with Gasteiger partial charge in [-0.25, -0.2) is 4.98 Å². The molecule has 2 saturated heterocycles. The molecule has 4 rings (SSSR count). The number of nitrogens with zero attached hydrogens (tertiary/aromatic N) is 4. The van der Waals surface area contributed by atoms with E-state index in [9.17, 15) is 4.79 Å². The Hall–Kier alpha value is -2.14. The number of fused-ring (bicyclic) bond motifs is 1. The number of aromatic nitrogens is 2. The third-order valence-electron chi connectivity index (χ3n) is 5.52. The van der Waals surface area contributed by atoms with Crippen molar-refractivity contribution in [3.8, 4) is 0 Å². The summed E-state index contributed by atoms with van der Waals surface area (Å²) >= 11 is 0. The molecule has 2 aromatic rings. The van der Waals surface area contributed by atoms with E-state index in [4.69, 9.17) is 0 Å². The Morgan fingerprint density at radius 2 is 1.80 bits per heavy atom. The first-order valence-electron chi connectivity index (χ1n) is 9.19. The predicted octanol–water partition coefficient (Wildman–Crippen LogP) is 2.67. The average molecular weight is 338 g/mol. The SMILES string of the molecule is CC(C)n1cnc(C(=O)N2C[C@H]3CN(Cc4ccccc4)C[C@H]3C2)c1. The van der Waals surface area contributed by atoms with Crippen LogP contribution in [0.15, 0.2) is 42.9 Å². The van der Waals surface area contributed by atoms with Crippen LogP contribution in [0.4, 0.5) is 0 Å². The molecule has 5 heteroatoms. The summed E-state index contributed by atoms with van der Waals surface area (Å²) in [6.07, 6.45) is 3.64. The van der Waals surface area contributed by atoms with Gasteiger partial charge in [0.25, 0.3) is 5.91 Å². The lowest BCUT2D eigenvalue weighted by Crippen LogP contribution is -2.33. The topological polar surface area (TPSA) is 41.4 Å². The average Bonchev–Trinajstić information content (AvgIpc) is 3.29. The van der Waals surface area contributed by atoms with Crippen molar-refractivity contribution in [2.24, 2.45) is 11.8 Å². The summed E-state index contributed by atoms with van der Waals surface area (Å²) in [7, 11) is 0. The number of likely N-dealkylation sites (tertiary alicyclic amines) is 2. The number of rotatable bonds is 4. The first kappa shape index (κ1) is 16.3. The van der Waals surface area contributed by atoms with E-state index in [1.807, 2.05) is 15.7 Å². The number of amides is 1. The molecule has 0 spiro atoms. The smallest absolute Gasteiger partial charge is 0.274 e. The van der Waals surface area contributed by atoms with E-state index in [1.165, 1.54) is 5.56 Å². The standard InChI is InChI=1S/C20H26N4O/c1-15(2)24-13-19(21-14-24)20(25)23-11-17-9-22(10-18(17)12-23)8-16-6-4-3-5-7-16/h3-7,13-15,17-18H,8-12H2,1-2H3/t17-,18+. The second-order valence-corrected chi connectivity index (χ2v) is 7.71. The van der Waals surface area contributed by atoms with E-state index < -0.39 is 0 Å². The van der Waals surface area contributed by atoms with E-state index in [2.05, 4.69) is 54.1 Å². The Morgan fingerprint density at radius 1 is 1.12 bits per heavy atom. The normalized spacial score (nSPS) is 23.4.